The number of hydrogen-bond donors (Lipinski definition) is 1. The van der Waals surface area contributed by atoms with Gasteiger partial charge in [-0.25, -0.2) is 0 Å². The van der Waals surface area contributed by atoms with Crippen LogP contribution in [0.4, 0.5) is 0 Å². The summed E-state index contributed by atoms with van der Waals surface area (Å²) in [5.74, 6) is 0.0383. The summed E-state index contributed by atoms with van der Waals surface area (Å²) in [6.07, 6.45) is 2.74. The van der Waals surface area contributed by atoms with E-state index in [1.807, 2.05) is 41.5 Å². The highest BCUT2D eigenvalue weighted by Crippen LogP contribution is 2.20. The molecule has 0 heterocycles. The molecule has 6 heteroatoms. The molecule has 0 atom stereocenters. The Morgan fingerprint density at radius 2 is 1.40 bits per heavy atom. The number of carbonyl (C=O) groups is 2. The lowest BCUT2D eigenvalue weighted by atomic mass is 9.89. The number of nitrogens with zero attached hydrogens (tertiary/aromatic N) is 1. The van der Waals surface area contributed by atoms with Gasteiger partial charge in [-0.05, 0) is 26.7 Å². The third-order valence-electron chi connectivity index (χ3n) is 4.41. The van der Waals surface area contributed by atoms with Crippen LogP contribution in [0.1, 0.15) is 60.8 Å². The van der Waals surface area contributed by atoms with E-state index in [0.29, 0.717) is 0 Å². The number of halogens is 1. The lowest BCUT2D eigenvalue weighted by molar-refractivity contribution is -0.870. The Hall–Kier alpha value is -0.810. The Morgan fingerprint density at radius 1 is 0.960 bits per heavy atom. The van der Waals surface area contributed by atoms with Gasteiger partial charge in [-0.3, -0.25) is 9.59 Å². The van der Waals surface area contributed by atoms with Crippen molar-refractivity contribution in [1.29, 1.82) is 0 Å². The smallest absolute Gasteiger partial charge is 0.311 e. The first-order chi connectivity index (χ1) is 10.7. The van der Waals surface area contributed by atoms with Crippen LogP contribution >= 0.6 is 0 Å². The van der Waals surface area contributed by atoms with Crippen molar-refractivity contribution in [3.63, 3.8) is 0 Å². The summed E-state index contributed by atoms with van der Waals surface area (Å²) in [6.45, 7) is 13.6. The first-order valence-electron chi connectivity index (χ1n) is 8.90. The number of rotatable bonds is 8. The van der Waals surface area contributed by atoms with Gasteiger partial charge in [0.1, 0.15) is 0 Å². The molecular formula is C19H41ClN2O3. The van der Waals surface area contributed by atoms with E-state index in [4.69, 9.17) is 0 Å². The van der Waals surface area contributed by atoms with Crippen molar-refractivity contribution in [2.75, 3.05) is 41.3 Å². The zero-order valence-corrected chi connectivity index (χ0v) is 18.8. The highest BCUT2D eigenvalue weighted by atomic mass is 35.5. The zero-order chi connectivity index (χ0) is 19.6. The van der Waals surface area contributed by atoms with Crippen LogP contribution in [0.3, 0.4) is 0 Å². The van der Waals surface area contributed by atoms with Gasteiger partial charge in [0.25, 0.3) is 0 Å². The minimum absolute atomic E-state index is 0. The van der Waals surface area contributed by atoms with E-state index in [-0.39, 0.29) is 35.1 Å². The van der Waals surface area contributed by atoms with Gasteiger partial charge in [0.05, 0.1) is 40.2 Å². The number of nitrogens with one attached hydrogen (secondary N) is 1. The molecule has 0 aliphatic carbocycles. The molecule has 0 radical (unpaired) electrons. The molecule has 0 bridgehead atoms. The van der Waals surface area contributed by atoms with Crippen LogP contribution in [-0.4, -0.2) is 57.7 Å². The van der Waals surface area contributed by atoms with Crippen LogP contribution in [0.5, 0.6) is 0 Å². The molecule has 0 saturated heterocycles. The number of ether oxygens (including phenoxy) is 1. The molecular weight excluding hydrogens is 340 g/mol. The highest BCUT2D eigenvalue weighted by Gasteiger charge is 2.25. The van der Waals surface area contributed by atoms with Gasteiger partial charge < -0.3 is 26.9 Å². The van der Waals surface area contributed by atoms with Crippen LogP contribution in [0, 0.1) is 10.8 Å². The van der Waals surface area contributed by atoms with E-state index in [0.717, 1.165) is 36.8 Å². The third kappa shape index (κ3) is 14.1. The molecule has 1 amide bonds. The van der Waals surface area contributed by atoms with E-state index >= 15 is 0 Å². The van der Waals surface area contributed by atoms with Gasteiger partial charge in [-0.1, -0.05) is 27.7 Å². The average molecular weight is 381 g/mol. The maximum atomic E-state index is 11.7. The molecule has 0 aliphatic heterocycles. The molecule has 0 rings (SSSR count). The maximum absolute atomic E-state index is 11.7. The molecule has 0 fully saturated rings. The van der Waals surface area contributed by atoms with Gasteiger partial charge in [0.2, 0.25) is 5.91 Å². The van der Waals surface area contributed by atoms with Crippen LogP contribution in [0.15, 0.2) is 0 Å². The van der Waals surface area contributed by atoms with Crippen LogP contribution in [0.2, 0.25) is 0 Å². The van der Waals surface area contributed by atoms with Crippen molar-refractivity contribution in [1.82, 2.24) is 5.32 Å². The van der Waals surface area contributed by atoms with Gasteiger partial charge in [-0.2, -0.15) is 0 Å². The average Bonchev–Trinajstić information content (AvgIpc) is 2.49. The second kappa shape index (κ2) is 12.5. The first kappa shape index (κ1) is 29.0. The number of amides is 1. The predicted molar refractivity (Wildman–Crippen MR) is 101 cm³/mol. The minimum Gasteiger partial charge on any atom is -1.00 e. The van der Waals surface area contributed by atoms with E-state index in [1.54, 1.807) is 0 Å². The first-order valence-corrected chi connectivity index (χ1v) is 8.90. The van der Waals surface area contributed by atoms with Gasteiger partial charge in [-0.15, -0.1) is 0 Å². The molecule has 0 spiro atoms. The lowest BCUT2D eigenvalue weighted by Crippen LogP contribution is -3.00. The van der Waals surface area contributed by atoms with Crippen molar-refractivity contribution in [3.8, 4) is 0 Å². The molecule has 0 aromatic carbocycles. The topological polar surface area (TPSA) is 55.4 Å². The maximum Gasteiger partial charge on any atom is 0.311 e. The van der Waals surface area contributed by atoms with Crippen molar-refractivity contribution in [2.24, 2.45) is 10.8 Å². The summed E-state index contributed by atoms with van der Waals surface area (Å²) in [5.41, 5.74) is -0.536. The van der Waals surface area contributed by atoms with Crippen LogP contribution in [0.25, 0.3) is 0 Å². The molecule has 0 aromatic rings. The van der Waals surface area contributed by atoms with E-state index < -0.39 is 0 Å². The molecule has 0 saturated carbocycles. The third-order valence-corrected chi connectivity index (χ3v) is 4.41. The summed E-state index contributed by atoms with van der Waals surface area (Å²) < 4.78 is 5.52. The number of quaternary nitrogens is 1. The standard InChI is InChI=1S/C12H26N2O.C7H14O2.ClH/c1-7-12(2,3)11(15)13-9-8-10-14(4,5)6;1-5-7(2,3)6(8)9-4;/h7-10H2,1-6H3;5H2,1-4H3;1H. The summed E-state index contributed by atoms with van der Waals surface area (Å²) in [6, 6.07) is 0. The zero-order valence-electron chi connectivity index (χ0n) is 18.1. The quantitative estimate of drug-likeness (QED) is 0.372. The van der Waals surface area contributed by atoms with Crippen molar-refractivity contribution >= 4 is 11.9 Å². The molecule has 25 heavy (non-hydrogen) atoms. The fourth-order valence-corrected chi connectivity index (χ4v) is 1.58. The Kier molecular flexibility index (Phi) is 14.5. The van der Waals surface area contributed by atoms with E-state index in [2.05, 4.69) is 31.2 Å². The largest absolute Gasteiger partial charge is 1.00 e. The van der Waals surface area contributed by atoms with Crippen LogP contribution in [-0.2, 0) is 14.3 Å². The Balaban J connectivity index is -0.000000418. The lowest BCUT2D eigenvalue weighted by Gasteiger charge is -2.25. The molecule has 152 valence electrons. The fraction of sp³-hybridized carbons (Fsp3) is 0.895. The second-order valence-electron chi connectivity index (χ2n) is 8.59. The highest BCUT2D eigenvalue weighted by molar-refractivity contribution is 5.81. The molecule has 1 N–H and O–H groups in total. The van der Waals surface area contributed by atoms with E-state index in [9.17, 15) is 9.59 Å². The number of esters is 1. The molecule has 0 aromatic heterocycles. The number of hydrogen-bond acceptors (Lipinski definition) is 3. The van der Waals surface area contributed by atoms with Gasteiger partial charge in [0, 0.05) is 18.4 Å². The Bertz CT molecular complexity index is 389. The molecule has 0 unspecified atom stereocenters. The molecule has 5 nitrogen and oxygen atoms in total. The van der Waals surface area contributed by atoms with E-state index in [1.165, 1.54) is 7.11 Å². The summed E-state index contributed by atoms with van der Waals surface area (Å²) in [4.78, 5) is 22.5. The monoisotopic (exact) mass is 380 g/mol. The second-order valence-corrected chi connectivity index (χ2v) is 8.59. The van der Waals surface area contributed by atoms with Gasteiger partial charge >= 0.3 is 5.97 Å². The number of carbonyl (C=O) groups excluding carboxylic acids is 2. The number of methoxy groups -OCH3 is 1. The Labute approximate surface area is 161 Å². The molecule has 0 aliphatic rings. The van der Waals surface area contributed by atoms with Gasteiger partial charge in [0.15, 0.2) is 0 Å². The SMILES string of the molecule is CCC(C)(C)C(=O)NCCC[N+](C)(C)C.CCC(C)(C)C(=O)OC.[Cl-]. The normalized spacial score (nSPS) is 11.6. The predicted octanol–water partition coefficient (Wildman–Crippen LogP) is 0.235. The van der Waals surface area contributed by atoms with Crippen molar-refractivity contribution in [2.45, 2.75) is 60.8 Å². The summed E-state index contributed by atoms with van der Waals surface area (Å²) in [5, 5.41) is 3.00. The summed E-state index contributed by atoms with van der Waals surface area (Å²) in [7, 11) is 7.91. The van der Waals surface area contributed by atoms with Crippen molar-refractivity contribution in [3.05, 3.63) is 0 Å². The summed E-state index contributed by atoms with van der Waals surface area (Å²) >= 11 is 0. The minimum atomic E-state index is -0.311. The van der Waals surface area contributed by atoms with Crippen LogP contribution < -0.4 is 17.7 Å². The van der Waals surface area contributed by atoms with Crippen molar-refractivity contribution < 1.29 is 31.2 Å². The fourth-order valence-electron chi connectivity index (χ4n) is 1.58. The Morgan fingerprint density at radius 3 is 1.68 bits per heavy atom.